The highest BCUT2D eigenvalue weighted by Gasteiger charge is 2.02. The van der Waals surface area contributed by atoms with E-state index in [9.17, 15) is 0 Å². The van der Waals surface area contributed by atoms with Gasteiger partial charge in [0, 0.05) is 28.8 Å². The van der Waals surface area contributed by atoms with Gasteiger partial charge in [0.05, 0.1) is 0 Å². The Morgan fingerprint density at radius 2 is 1.84 bits per heavy atom. The van der Waals surface area contributed by atoms with E-state index in [0.29, 0.717) is 0 Å². The van der Waals surface area contributed by atoms with Gasteiger partial charge < -0.3 is 10.4 Å². The van der Waals surface area contributed by atoms with E-state index in [4.69, 9.17) is 0 Å². The van der Waals surface area contributed by atoms with Crippen molar-refractivity contribution in [3.05, 3.63) is 65.9 Å². The maximum atomic E-state index is 3.36. The molecule has 0 aliphatic rings. The van der Waals surface area contributed by atoms with Crippen LogP contribution >= 0.6 is 0 Å². The molecule has 0 unspecified atom stereocenters. The minimum atomic E-state index is 0.781. The van der Waals surface area contributed by atoms with Crippen LogP contribution in [-0.4, -0.2) is 4.98 Å². The molecular formula is C16H17N3. The lowest BCUT2D eigenvalue weighted by atomic mass is 10.1. The number of aromatic amines is 1. The lowest BCUT2D eigenvalue weighted by Gasteiger charge is -2.09. The van der Waals surface area contributed by atoms with E-state index in [0.717, 1.165) is 12.2 Å². The number of anilines is 1. The minimum Gasteiger partial charge on any atom is -0.359 e. The number of nitrogens with one attached hydrogen (secondary N) is 3. The van der Waals surface area contributed by atoms with Gasteiger partial charge in [0.15, 0.2) is 0 Å². The molecule has 3 nitrogen and oxygen atoms in total. The van der Waals surface area contributed by atoms with Crippen LogP contribution in [-0.2, 0) is 6.54 Å². The van der Waals surface area contributed by atoms with Gasteiger partial charge >= 0.3 is 0 Å². The van der Waals surface area contributed by atoms with Gasteiger partial charge in [-0.25, -0.2) is 5.43 Å². The van der Waals surface area contributed by atoms with Crippen LogP contribution in [0.5, 0.6) is 0 Å². The van der Waals surface area contributed by atoms with Gasteiger partial charge in [0.2, 0.25) is 0 Å². The Balaban J connectivity index is 1.72. The fourth-order valence-electron chi connectivity index (χ4n) is 2.27. The fourth-order valence-corrected chi connectivity index (χ4v) is 2.27. The number of fused-ring (bicyclic) bond motifs is 1. The number of aryl methyl sites for hydroxylation is 1. The quantitative estimate of drug-likeness (QED) is 0.620. The molecule has 3 rings (SSSR count). The van der Waals surface area contributed by atoms with Gasteiger partial charge in [-0.3, -0.25) is 0 Å². The summed E-state index contributed by atoms with van der Waals surface area (Å²) in [6, 6.07) is 18.6. The zero-order valence-corrected chi connectivity index (χ0v) is 10.9. The number of benzene rings is 2. The highest BCUT2D eigenvalue weighted by atomic mass is 15.3. The predicted molar refractivity (Wildman–Crippen MR) is 79.9 cm³/mol. The van der Waals surface area contributed by atoms with Crippen molar-refractivity contribution in [2.24, 2.45) is 0 Å². The normalized spacial score (nSPS) is 10.8. The molecule has 3 heteroatoms. The van der Waals surface area contributed by atoms with E-state index in [2.05, 4.69) is 47.0 Å². The molecule has 0 aliphatic heterocycles. The highest BCUT2D eigenvalue weighted by molar-refractivity contribution is 5.83. The molecular weight excluding hydrogens is 234 g/mol. The second-order valence-electron chi connectivity index (χ2n) is 4.68. The predicted octanol–water partition coefficient (Wildman–Crippen LogP) is 3.59. The smallest absolute Gasteiger partial charge is 0.0487 e. The first kappa shape index (κ1) is 11.8. The Hall–Kier alpha value is -2.26. The summed E-state index contributed by atoms with van der Waals surface area (Å²) in [5.41, 5.74) is 11.2. The van der Waals surface area contributed by atoms with Crippen molar-refractivity contribution in [1.29, 1.82) is 0 Å². The Morgan fingerprint density at radius 3 is 2.68 bits per heavy atom. The molecule has 96 valence electrons. The standard InChI is InChI=1S/C16H17N3/c1-12-10-15-13(6-5-9-16(15)18-12)11-17-19-14-7-3-2-4-8-14/h2-10,17-19H,11H2,1H3. The highest BCUT2D eigenvalue weighted by Crippen LogP contribution is 2.19. The van der Waals surface area contributed by atoms with Crippen LogP contribution in [0, 0.1) is 6.92 Å². The Kier molecular flexibility index (Phi) is 3.21. The summed E-state index contributed by atoms with van der Waals surface area (Å²) < 4.78 is 0. The summed E-state index contributed by atoms with van der Waals surface area (Å²) in [5.74, 6) is 0. The summed E-state index contributed by atoms with van der Waals surface area (Å²) in [5, 5.41) is 1.28. The molecule has 0 bridgehead atoms. The lowest BCUT2D eigenvalue weighted by Crippen LogP contribution is -2.20. The Bertz CT molecular complexity index is 671. The third kappa shape index (κ3) is 2.61. The maximum absolute atomic E-state index is 3.36. The van der Waals surface area contributed by atoms with Crippen molar-refractivity contribution in [3.63, 3.8) is 0 Å². The van der Waals surface area contributed by atoms with E-state index < -0.39 is 0 Å². The fraction of sp³-hybridized carbons (Fsp3) is 0.125. The molecule has 2 aromatic carbocycles. The summed E-state index contributed by atoms with van der Waals surface area (Å²) in [6.07, 6.45) is 0. The van der Waals surface area contributed by atoms with Gasteiger partial charge in [-0.05, 0) is 36.8 Å². The van der Waals surface area contributed by atoms with Gasteiger partial charge in [-0.2, -0.15) is 0 Å². The molecule has 0 fully saturated rings. The number of aromatic nitrogens is 1. The van der Waals surface area contributed by atoms with Crippen molar-refractivity contribution in [3.8, 4) is 0 Å². The summed E-state index contributed by atoms with van der Waals surface area (Å²) in [7, 11) is 0. The molecule has 19 heavy (non-hydrogen) atoms. The number of hydrogen-bond donors (Lipinski definition) is 3. The van der Waals surface area contributed by atoms with Gasteiger partial charge in [0.1, 0.15) is 0 Å². The first-order valence-corrected chi connectivity index (χ1v) is 6.44. The maximum Gasteiger partial charge on any atom is 0.0487 e. The van der Waals surface area contributed by atoms with Crippen LogP contribution in [0.15, 0.2) is 54.6 Å². The largest absolute Gasteiger partial charge is 0.359 e. The molecule has 0 amide bonds. The molecule has 3 N–H and O–H groups in total. The molecule has 0 radical (unpaired) electrons. The third-order valence-electron chi connectivity index (χ3n) is 3.17. The zero-order chi connectivity index (χ0) is 13.1. The first-order valence-electron chi connectivity index (χ1n) is 6.44. The topological polar surface area (TPSA) is 39.8 Å². The van der Waals surface area contributed by atoms with Crippen molar-refractivity contribution >= 4 is 16.6 Å². The Labute approximate surface area is 112 Å². The van der Waals surface area contributed by atoms with E-state index in [1.807, 2.05) is 30.3 Å². The number of H-pyrrole nitrogens is 1. The van der Waals surface area contributed by atoms with Crippen molar-refractivity contribution < 1.29 is 0 Å². The zero-order valence-electron chi connectivity index (χ0n) is 10.9. The summed E-state index contributed by atoms with van der Waals surface area (Å²) >= 11 is 0. The molecule has 0 aliphatic carbocycles. The van der Waals surface area contributed by atoms with Crippen molar-refractivity contribution in [2.45, 2.75) is 13.5 Å². The average molecular weight is 251 g/mol. The number of hydrogen-bond acceptors (Lipinski definition) is 2. The van der Waals surface area contributed by atoms with Gasteiger partial charge in [-0.15, -0.1) is 0 Å². The van der Waals surface area contributed by atoms with Crippen molar-refractivity contribution in [1.82, 2.24) is 10.4 Å². The average Bonchev–Trinajstić information content (AvgIpc) is 2.81. The first-order chi connectivity index (χ1) is 9.33. The third-order valence-corrected chi connectivity index (χ3v) is 3.17. The molecule has 0 saturated carbocycles. The van der Waals surface area contributed by atoms with Crippen LogP contribution in [0.25, 0.3) is 10.9 Å². The van der Waals surface area contributed by atoms with Crippen molar-refractivity contribution in [2.75, 3.05) is 5.43 Å². The van der Waals surface area contributed by atoms with Crippen LogP contribution in [0.2, 0.25) is 0 Å². The summed E-state index contributed by atoms with van der Waals surface area (Å²) in [6.45, 7) is 2.86. The van der Waals surface area contributed by atoms with E-state index in [1.165, 1.54) is 22.2 Å². The number of para-hydroxylation sites is 1. The SMILES string of the molecule is Cc1cc2c(CNNc3ccccc3)cccc2[nH]1. The molecule has 1 heterocycles. The monoisotopic (exact) mass is 251 g/mol. The molecule has 0 atom stereocenters. The van der Waals surface area contributed by atoms with Gasteiger partial charge in [-0.1, -0.05) is 30.3 Å². The lowest BCUT2D eigenvalue weighted by molar-refractivity contribution is 0.807. The molecule has 3 aromatic rings. The second-order valence-corrected chi connectivity index (χ2v) is 4.68. The Morgan fingerprint density at radius 1 is 1.00 bits per heavy atom. The number of hydrazine groups is 1. The molecule has 0 spiro atoms. The number of rotatable bonds is 4. The van der Waals surface area contributed by atoms with E-state index in [-0.39, 0.29) is 0 Å². The van der Waals surface area contributed by atoms with E-state index in [1.54, 1.807) is 0 Å². The second kappa shape index (κ2) is 5.16. The van der Waals surface area contributed by atoms with E-state index >= 15 is 0 Å². The summed E-state index contributed by atoms with van der Waals surface area (Å²) in [4.78, 5) is 3.36. The molecule has 0 saturated heterocycles. The van der Waals surface area contributed by atoms with Gasteiger partial charge in [0.25, 0.3) is 0 Å². The van der Waals surface area contributed by atoms with Crippen LogP contribution in [0.3, 0.4) is 0 Å². The molecule has 1 aromatic heterocycles. The minimum absolute atomic E-state index is 0.781. The van der Waals surface area contributed by atoms with Crippen LogP contribution in [0.1, 0.15) is 11.3 Å². The van der Waals surface area contributed by atoms with Crippen LogP contribution in [0.4, 0.5) is 5.69 Å². The van der Waals surface area contributed by atoms with Crippen LogP contribution < -0.4 is 10.9 Å².